The number of rotatable bonds is 5. The van der Waals surface area contributed by atoms with Crippen molar-refractivity contribution in [3.05, 3.63) is 24.0 Å². The number of nitrogens with zero attached hydrogens (tertiary/aromatic N) is 3. The summed E-state index contributed by atoms with van der Waals surface area (Å²) in [7, 11) is 1.93. The number of aromatic nitrogens is 2. The van der Waals surface area contributed by atoms with E-state index in [9.17, 15) is 4.79 Å². The van der Waals surface area contributed by atoms with Crippen LogP contribution < -0.4 is 4.90 Å². The molecule has 1 aliphatic heterocycles. The predicted molar refractivity (Wildman–Crippen MR) is 75.6 cm³/mol. The van der Waals surface area contributed by atoms with Crippen molar-refractivity contribution in [2.75, 3.05) is 25.1 Å². The molecule has 1 aliphatic rings. The van der Waals surface area contributed by atoms with Crippen molar-refractivity contribution in [2.24, 2.45) is 0 Å². The van der Waals surface area contributed by atoms with E-state index in [4.69, 9.17) is 9.84 Å². The maximum Gasteiger partial charge on any atom is 0.328 e. The molecule has 0 radical (unpaired) electrons. The molecule has 0 saturated carbocycles. The average molecular weight is 277 g/mol. The third-order valence-electron chi connectivity index (χ3n) is 3.17. The Bertz CT molecular complexity index is 467. The predicted octanol–water partition coefficient (Wildman–Crippen LogP) is 1.58. The van der Waals surface area contributed by atoms with Crippen LogP contribution in [-0.4, -0.2) is 47.3 Å². The van der Waals surface area contributed by atoms with Crippen molar-refractivity contribution >= 4 is 18.0 Å². The summed E-state index contributed by atoms with van der Waals surface area (Å²) in [6.45, 7) is 1.60. The molecule has 0 aromatic carbocycles. The van der Waals surface area contributed by atoms with Gasteiger partial charge in [0.15, 0.2) is 0 Å². The molecule has 0 aliphatic carbocycles. The van der Waals surface area contributed by atoms with Crippen LogP contribution in [0.15, 0.2) is 18.5 Å². The number of likely N-dealkylation sites (N-methyl/N-ethyl adjacent to an activating group) is 1. The molecule has 0 bridgehead atoms. The van der Waals surface area contributed by atoms with Crippen molar-refractivity contribution in [1.29, 1.82) is 0 Å². The lowest BCUT2D eigenvalue weighted by Gasteiger charge is -2.27. The van der Waals surface area contributed by atoms with E-state index < -0.39 is 5.97 Å². The van der Waals surface area contributed by atoms with E-state index >= 15 is 0 Å². The quantitative estimate of drug-likeness (QED) is 0.824. The van der Waals surface area contributed by atoms with Gasteiger partial charge < -0.3 is 14.7 Å². The maximum absolute atomic E-state index is 10.4. The number of ether oxygens (including phenoxy) is 1. The number of carboxylic acid groups (broad SMARTS) is 1. The summed E-state index contributed by atoms with van der Waals surface area (Å²) in [6.07, 6.45) is 9.42. The zero-order chi connectivity index (χ0) is 14.4. The first-order valence-corrected chi connectivity index (χ1v) is 6.71. The van der Waals surface area contributed by atoms with Crippen molar-refractivity contribution in [3.63, 3.8) is 0 Å². The van der Waals surface area contributed by atoms with Crippen LogP contribution in [-0.2, 0) is 9.53 Å². The molecule has 108 valence electrons. The van der Waals surface area contributed by atoms with Crippen LogP contribution in [0.2, 0.25) is 0 Å². The molecule has 1 aromatic heterocycles. The van der Waals surface area contributed by atoms with Crippen LogP contribution in [0.5, 0.6) is 0 Å². The summed E-state index contributed by atoms with van der Waals surface area (Å²) in [6, 6.07) is 0. The van der Waals surface area contributed by atoms with Gasteiger partial charge in [0.25, 0.3) is 0 Å². The minimum Gasteiger partial charge on any atom is -0.478 e. The molecule has 1 unspecified atom stereocenters. The lowest BCUT2D eigenvalue weighted by Crippen LogP contribution is -2.34. The van der Waals surface area contributed by atoms with Crippen LogP contribution in [0.25, 0.3) is 6.08 Å². The Hall–Kier alpha value is -1.95. The third kappa shape index (κ3) is 4.31. The summed E-state index contributed by atoms with van der Waals surface area (Å²) in [5.41, 5.74) is 0.665. The van der Waals surface area contributed by atoms with E-state index in [0.29, 0.717) is 11.5 Å². The van der Waals surface area contributed by atoms with Gasteiger partial charge in [-0.15, -0.1) is 0 Å². The van der Waals surface area contributed by atoms with E-state index in [1.165, 1.54) is 12.5 Å². The summed E-state index contributed by atoms with van der Waals surface area (Å²) in [4.78, 5) is 20.9. The van der Waals surface area contributed by atoms with Gasteiger partial charge in [0.2, 0.25) is 5.95 Å². The van der Waals surface area contributed by atoms with Crippen molar-refractivity contribution in [3.8, 4) is 0 Å². The van der Waals surface area contributed by atoms with Gasteiger partial charge in [0.1, 0.15) is 0 Å². The van der Waals surface area contributed by atoms with Gasteiger partial charge in [-0.25, -0.2) is 14.8 Å². The van der Waals surface area contributed by atoms with Gasteiger partial charge in [-0.2, -0.15) is 0 Å². The van der Waals surface area contributed by atoms with Crippen LogP contribution in [0, 0.1) is 0 Å². The minimum absolute atomic E-state index is 0.240. The Labute approximate surface area is 118 Å². The molecule has 1 aromatic rings. The fraction of sp³-hybridized carbons (Fsp3) is 0.500. The van der Waals surface area contributed by atoms with E-state index in [-0.39, 0.29) is 6.10 Å². The van der Waals surface area contributed by atoms with E-state index in [1.54, 1.807) is 12.4 Å². The van der Waals surface area contributed by atoms with Crippen LogP contribution in [0.3, 0.4) is 0 Å². The molecule has 1 atom stereocenters. The van der Waals surface area contributed by atoms with Crippen molar-refractivity contribution < 1.29 is 14.6 Å². The van der Waals surface area contributed by atoms with Gasteiger partial charge in [-0.05, 0) is 25.3 Å². The highest BCUT2D eigenvalue weighted by atomic mass is 16.5. The number of anilines is 1. The van der Waals surface area contributed by atoms with Crippen molar-refractivity contribution in [1.82, 2.24) is 9.97 Å². The molecule has 0 amide bonds. The highest BCUT2D eigenvalue weighted by Crippen LogP contribution is 2.15. The van der Waals surface area contributed by atoms with E-state index in [0.717, 1.165) is 32.1 Å². The zero-order valence-electron chi connectivity index (χ0n) is 11.5. The van der Waals surface area contributed by atoms with E-state index in [1.807, 2.05) is 11.9 Å². The Morgan fingerprint density at radius 1 is 1.50 bits per heavy atom. The second kappa shape index (κ2) is 7.00. The Morgan fingerprint density at radius 3 is 2.85 bits per heavy atom. The highest BCUT2D eigenvalue weighted by molar-refractivity contribution is 5.85. The summed E-state index contributed by atoms with van der Waals surface area (Å²) < 4.78 is 5.69. The molecule has 6 heteroatoms. The molecule has 1 N–H and O–H groups in total. The normalized spacial score (nSPS) is 19.1. The van der Waals surface area contributed by atoms with Crippen LogP contribution in [0.1, 0.15) is 24.8 Å². The Morgan fingerprint density at radius 2 is 2.25 bits per heavy atom. The maximum atomic E-state index is 10.4. The fourth-order valence-corrected chi connectivity index (χ4v) is 2.12. The smallest absolute Gasteiger partial charge is 0.328 e. The van der Waals surface area contributed by atoms with Crippen molar-refractivity contribution in [2.45, 2.75) is 25.4 Å². The molecule has 1 fully saturated rings. The third-order valence-corrected chi connectivity index (χ3v) is 3.17. The van der Waals surface area contributed by atoms with Gasteiger partial charge in [-0.1, -0.05) is 0 Å². The molecule has 6 nitrogen and oxygen atoms in total. The van der Waals surface area contributed by atoms with Crippen LogP contribution in [0.4, 0.5) is 5.95 Å². The lowest BCUT2D eigenvalue weighted by atomic mass is 10.1. The van der Waals surface area contributed by atoms with Crippen LogP contribution >= 0.6 is 0 Å². The first-order chi connectivity index (χ1) is 9.65. The zero-order valence-corrected chi connectivity index (χ0v) is 11.5. The monoisotopic (exact) mass is 277 g/mol. The highest BCUT2D eigenvalue weighted by Gasteiger charge is 2.17. The van der Waals surface area contributed by atoms with Gasteiger partial charge >= 0.3 is 5.97 Å². The first-order valence-electron chi connectivity index (χ1n) is 6.71. The molecule has 1 saturated heterocycles. The Kier molecular flexibility index (Phi) is 5.06. The molecule has 2 heterocycles. The summed E-state index contributed by atoms with van der Waals surface area (Å²) in [5, 5.41) is 8.55. The summed E-state index contributed by atoms with van der Waals surface area (Å²) >= 11 is 0. The largest absolute Gasteiger partial charge is 0.478 e. The fourth-order valence-electron chi connectivity index (χ4n) is 2.12. The molecular weight excluding hydrogens is 258 g/mol. The number of carbonyl (C=O) groups is 1. The van der Waals surface area contributed by atoms with E-state index in [2.05, 4.69) is 9.97 Å². The standard InChI is InChI=1S/C14H19N3O3/c1-17(10-12-4-2-3-7-20-12)14-15-8-11(9-16-14)5-6-13(18)19/h5-6,8-9,12H,2-4,7,10H2,1H3,(H,18,19)/b6-5+. The topological polar surface area (TPSA) is 75.5 Å². The number of hydrogen-bond donors (Lipinski definition) is 1. The first kappa shape index (κ1) is 14.5. The number of hydrogen-bond acceptors (Lipinski definition) is 5. The Balaban J connectivity index is 1.92. The summed E-state index contributed by atoms with van der Waals surface area (Å²) in [5.74, 6) is -0.368. The van der Waals surface area contributed by atoms with Gasteiger partial charge in [0, 0.05) is 44.2 Å². The minimum atomic E-state index is -0.986. The molecule has 0 spiro atoms. The lowest BCUT2D eigenvalue weighted by molar-refractivity contribution is -0.131. The van der Waals surface area contributed by atoms with Gasteiger partial charge in [0.05, 0.1) is 6.10 Å². The second-order valence-electron chi connectivity index (χ2n) is 4.86. The average Bonchev–Trinajstić information content (AvgIpc) is 2.46. The molecule has 2 rings (SSSR count). The molecule has 20 heavy (non-hydrogen) atoms. The van der Waals surface area contributed by atoms with Gasteiger partial charge in [-0.3, -0.25) is 0 Å². The molecular formula is C14H19N3O3. The number of carboxylic acids is 1. The number of aliphatic carboxylic acids is 1. The SMILES string of the molecule is CN(CC1CCCCO1)c1ncc(/C=C/C(=O)O)cn1. The second-order valence-corrected chi connectivity index (χ2v) is 4.86.